The van der Waals surface area contributed by atoms with Crippen LogP contribution in [-0.2, 0) is 9.59 Å². The van der Waals surface area contributed by atoms with Gasteiger partial charge in [0.25, 0.3) is 0 Å². The molecule has 17 heavy (non-hydrogen) atoms. The van der Waals surface area contributed by atoms with Gasteiger partial charge in [-0.2, -0.15) is 0 Å². The van der Waals surface area contributed by atoms with Crippen LogP contribution in [0, 0.1) is 5.92 Å². The van der Waals surface area contributed by atoms with Crippen molar-refractivity contribution in [3.63, 3.8) is 0 Å². The van der Waals surface area contributed by atoms with Gasteiger partial charge in [0, 0.05) is 13.0 Å². The van der Waals surface area contributed by atoms with Crippen LogP contribution in [0.2, 0.25) is 5.15 Å². The molecule has 0 saturated carbocycles. The molecule has 0 radical (unpaired) electrons. The third-order valence-corrected chi connectivity index (χ3v) is 2.72. The van der Waals surface area contributed by atoms with Crippen LogP contribution in [0.15, 0.2) is 12.1 Å². The summed E-state index contributed by atoms with van der Waals surface area (Å²) in [6.07, 6.45) is 0.934. The van der Waals surface area contributed by atoms with E-state index >= 15 is 0 Å². The lowest BCUT2D eigenvalue weighted by Gasteiger charge is -2.21. The van der Waals surface area contributed by atoms with E-state index in [2.05, 4.69) is 20.8 Å². The summed E-state index contributed by atoms with van der Waals surface area (Å²) in [7, 11) is 0. The first-order chi connectivity index (χ1) is 8.15. The number of rotatable bonds is 2. The summed E-state index contributed by atoms with van der Waals surface area (Å²) in [5.74, 6) is -0.0385. The molecule has 1 aliphatic heterocycles. The number of carbonyl (C=O) groups excluding carboxylic acids is 2. The number of hydrogen-bond acceptors (Lipinski definition) is 4. The molecule has 0 bridgehead atoms. The summed E-state index contributed by atoms with van der Waals surface area (Å²) in [6.45, 7) is 0.367. The van der Waals surface area contributed by atoms with Gasteiger partial charge in [0.1, 0.15) is 0 Å². The number of amides is 2. The largest absolute Gasteiger partial charge is 0.355 e. The maximum atomic E-state index is 11.8. The van der Waals surface area contributed by atoms with Gasteiger partial charge in [-0.25, -0.2) is 0 Å². The minimum absolute atomic E-state index is 0.0136. The van der Waals surface area contributed by atoms with E-state index < -0.39 is 0 Å². The van der Waals surface area contributed by atoms with E-state index in [0.717, 1.165) is 0 Å². The predicted octanol–water partition coefficient (Wildman–Crippen LogP) is 0.595. The van der Waals surface area contributed by atoms with Gasteiger partial charge in [-0.1, -0.05) is 11.6 Å². The molecule has 90 valence electrons. The molecule has 6 nitrogen and oxygen atoms in total. The van der Waals surface area contributed by atoms with Crippen molar-refractivity contribution in [2.24, 2.45) is 5.92 Å². The average Bonchev–Trinajstić information content (AvgIpc) is 2.33. The van der Waals surface area contributed by atoms with Gasteiger partial charge < -0.3 is 10.6 Å². The lowest BCUT2D eigenvalue weighted by molar-refractivity contribution is -0.126. The summed E-state index contributed by atoms with van der Waals surface area (Å²) in [6, 6.07) is 3.13. The standard InChI is InChI=1S/C10H11ClN4O2/c11-7-2-3-8(15-14-7)13-10(17)6-1-4-9(16)12-5-6/h2-3,6H,1,4-5H2,(H,12,16)(H,13,15,17). The van der Waals surface area contributed by atoms with Crippen LogP contribution >= 0.6 is 11.6 Å². The number of anilines is 1. The fourth-order valence-corrected chi connectivity index (χ4v) is 1.67. The number of nitrogens with zero attached hydrogens (tertiary/aromatic N) is 2. The molecule has 2 N–H and O–H groups in total. The number of aromatic nitrogens is 2. The number of piperidine rings is 1. The molecule has 0 aliphatic carbocycles. The third kappa shape index (κ3) is 3.13. The van der Waals surface area contributed by atoms with Crippen molar-refractivity contribution in [2.45, 2.75) is 12.8 Å². The molecule has 1 unspecified atom stereocenters. The van der Waals surface area contributed by atoms with E-state index in [4.69, 9.17) is 11.6 Å². The van der Waals surface area contributed by atoms with Gasteiger partial charge in [-0.05, 0) is 18.6 Å². The Bertz CT molecular complexity index is 424. The first-order valence-electron chi connectivity index (χ1n) is 5.22. The second-order valence-electron chi connectivity index (χ2n) is 3.77. The highest BCUT2D eigenvalue weighted by molar-refractivity contribution is 6.29. The molecular weight excluding hydrogens is 244 g/mol. The van der Waals surface area contributed by atoms with Crippen molar-refractivity contribution in [3.8, 4) is 0 Å². The Labute approximate surface area is 103 Å². The number of halogens is 1. The molecule has 1 saturated heterocycles. The third-order valence-electron chi connectivity index (χ3n) is 2.52. The maximum absolute atomic E-state index is 11.8. The zero-order valence-corrected chi connectivity index (χ0v) is 9.70. The Hall–Kier alpha value is -1.69. The van der Waals surface area contributed by atoms with Gasteiger partial charge in [0.2, 0.25) is 11.8 Å². The van der Waals surface area contributed by atoms with Crippen molar-refractivity contribution in [1.82, 2.24) is 15.5 Å². The van der Waals surface area contributed by atoms with Crippen LogP contribution in [-0.4, -0.2) is 28.6 Å². The van der Waals surface area contributed by atoms with Crippen LogP contribution in [0.1, 0.15) is 12.8 Å². The van der Waals surface area contributed by atoms with Crippen molar-refractivity contribution >= 4 is 29.2 Å². The van der Waals surface area contributed by atoms with Crippen LogP contribution < -0.4 is 10.6 Å². The van der Waals surface area contributed by atoms with Crippen LogP contribution in [0.3, 0.4) is 0 Å². The molecule has 1 aliphatic rings. The maximum Gasteiger partial charge on any atom is 0.230 e. The minimum atomic E-state index is -0.217. The molecule has 2 heterocycles. The van der Waals surface area contributed by atoms with Crippen LogP contribution in [0.25, 0.3) is 0 Å². The van der Waals surface area contributed by atoms with Gasteiger partial charge in [0.15, 0.2) is 11.0 Å². The normalized spacial score (nSPS) is 19.6. The number of hydrogen-bond donors (Lipinski definition) is 2. The minimum Gasteiger partial charge on any atom is -0.355 e. The quantitative estimate of drug-likeness (QED) is 0.809. The second kappa shape index (κ2) is 5.09. The van der Waals surface area contributed by atoms with E-state index in [0.29, 0.717) is 25.2 Å². The molecule has 1 atom stereocenters. The first kappa shape index (κ1) is 11.8. The van der Waals surface area contributed by atoms with E-state index in [1.54, 1.807) is 12.1 Å². The fraction of sp³-hybridized carbons (Fsp3) is 0.400. The first-order valence-corrected chi connectivity index (χ1v) is 5.60. The van der Waals surface area contributed by atoms with Crippen molar-refractivity contribution in [1.29, 1.82) is 0 Å². The van der Waals surface area contributed by atoms with Crippen molar-refractivity contribution in [2.75, 3.05) is 11.9 Å². The lowest BCUT2D eigenvalue weighted by Crippen LogP contribution is -2.40. The summed E-state index contributed by atoms with van der Waals surface area (Å²) >= 11 is 5.58. The van der Waals surface area contributed by atoms with Crippen LogP contribution in [0.5, 0.6) is 0 Å². The molecule has 2 rings (SSSR count). The Morgan fingerprint density at radius 3 is 2.88 bits per heavy atom. The van der Waals surface area contributed by atoms with Gasteiger partial charge >= 0.3 is 0 Å². The van der Waals surface area contributed by atoms with Crippen molar-refractivity contribution in [3.05, 3.63) is 17.3 Å². The smallest absolute Gasteiger partial charge is 0.230 e. The average molecular weight is 255 g/mol. The second-order valence-corrected chi connectivity index (χ2v) is 4.16. The SMILES string of the molecule is O=C1CCC(C(=O)Nc2ccc(Cl)nn2)CN1. The number of nitrogens with one attached hydrogen (secondary N) is 2. The summed E-state index contributed by atoms with van der Waals surface area (Å²) in [5.41, 5.74) is 0. The van der Waals surface area contributed by atoms with Gasteiger partial charge in [0.05, 0.1) is 5.92 Å². The van der Waals surface area contributed by atoms with E-state index in [-0.39, 0.29) is 22.9 Å². The predicted molar refractivity (Wildman–Crippen MR) is 61.4 cm³/mol. The topological polar surface area (TPSA) is 84.0 Å². The lowest BCUT2D eigenvalue weighted by atomic mass is 9.98. The fourth-order valence-electron chi connectivity index (χ4n) is 1.57. The Kier molecular flexibility index (Phi) is 3.53. The van der Waals surface area contributed by atoms with E-state index in [1.807, 2.05) is 0 Å². The molecule has 0 aromatic carbocycles. The highest BCUT2D eigenvalue weighted by atomic mass is 35.5. The molecule has 1 fully saturated rings. The monoisotopic (exact) mass is 254 g/mol. The molecule has 1 aromatic rings. The van der Waals surface area contributed by atoms with E-state index in [1.165, 1.54) is 0 Å². The van der Waals surface area contributed by atoms with E-state index in [9.17, 15) is 9.59 Å². The zero-order chi connectivity index (χ0) is 12.3. The van der Waals surface area contributed by atoms with Gasteiger partial charge in [-0.3, -0.25) is 9.59 Å². The highest BCUT2D eigenvalue weighted by Crippen LogP contribution is 2.13. The zero-order valence-electron chi connectivity index (χ0n) is 8.94. The Morgan fingerprint density at radius 1 is 1.47 bits per heavy atom. The Morgan fingerprint density at radius 2 is 2.29 bits per heavy atom. The summed E-state index contributed by atoms with van der Waals surface area (Å²) < 4.78 is 0. The number of carbonyl (C=O) groups is 2. The Balaban J connectivity index is 1.92. The summed E-state index contributed by atoms with van der Waals surface area (Å²) in [5, 5.41) is 12.9. The molecule has 2 amide bonds. The van der Waals surface area contributed by atoms with Crippen molar-refractivity contribution < 1.29 is 9.59 Å². The molecule has 1 aromatic heterocycles. The van der Waals surface area contributed by atoms with Crippen LogP contribution in [0.4, 0.5) is 5.82 Å². The highest BCUT2D eigenvalue weighted by Gasteiger charge is 2.24. The molecular formula is C10H11ClN4O2. The summed E-state index contributed by atoms with van der Waals surface area (Å²) in [4.78, 5) is 22.7. The molecule has 0 spiro atoms. The van der Waals surface area contributed by atoms with Gasteiger partial charge in [-0.15, -0.1) is 10.2 Å². The molecule has 7 heteroatoms.